The van der Waals surface area contributed by atoms with Gasteiger partial charge in [-0.25, -0.2) is 0 Å². The molecule has 0 aromatic carbocycles. The fourth-order valence-electron chi connectivity index (χ4n) is 1.88. The number of carbonyl (C=O) groups is 1. The van der Waals surface area contributed by atoms with Crippen molar-refractivity contribution in [3.05, 3.63) is 52.8 Å². The van der Waals surface area contributed by atoms with Crippen LogP contribution in [0.2, 0.25) is 0 Å². The van der Waals surface area contributed by atoms with Crippen LogP contribution in [-0.4, -0.2) is 21.0 Å². The number of hydrogen-bond acceptors (Lipinski definition) is 6. The minimum absolute atomic E-state index is 0.0564. The Balaban J connectivity index is 1.47. The molecule has 7 heteroatoms. The summed E-state index contributed by atoms with van der Waals surface area (Å²) in [5.41, 5.74) is 1.90. The van der Waals surface area contributed by atoms with Gasteiger partial charge in [-0.15, -0.1) is 0 Å². The number of hydrogen-bond donors (Lipinski definition) is 1. The minimum Gasteiger partial charge on any atom is -0.352 e. The van der Waals surface area contributed by atoms with Gasteiger partial charge >= 0.3 is 0 Å². The van der Waals surface area contributed by atoms with Gasteiger partial charge in [0, 0.05) is 42.7 Å². The third-order valence-corrected chi connectivity index (χ3v) is 3.71. The number of nitrogens with zero attached hydrogens (tertiary/aromatic N) is 3. The first-order chi connectivity index (χ1) is 10.8. The summed E-state index contributed by atoms with van der Waals surface area (Å²) in [6, 6.07) is 5.68. The second-order valence-electron chi connectivity index (χ2n) is 4.66. The van der Waals surface area contributed by atoms with E-state index in [1.165, 1.54) is 0 Å². The lowest BCUT2D eigenvalue weighted by Crippen LogP contribution is -2.23. The Morgan fingerprint density at radius 3 is 3.09 bits per heavy atom. The van der Waals surface area contributed by atoms with Crippen LogP contribution in [0.1, 0.15) is 17.9 Å². The van der Waals surface area contributed by atoms with Gasteiger partial charge in [-0.3, -0.25) is 9.78 Å². The van der Waals surface area contributed by atoms with Crippen molar-refractivity contribution in [2.24, 2.45) is 0 Å². The maximum absolute atomic E-state index is 11.8. The van der Waals surface area contributed by atoms with Gasteiger partial charge in [0.2, 0.25) is 17.6 Å². The highest BCUT2D eigenvalue weighted by molar-refractivity contribution is 7.08. The first-order valence-corrected chi connectivity index (χ1v) is 7.76. The van der Waals surface area contributed by atoms with Crippen LogP contribution >= 0.6 is 11.3 Å². The highest BCUT2D eigenvalue weighted by Crippen LogP contribution is 2.18. The van der Waals surface area contributed by atoms with Crippen LogP contribution in [0.4, 0.5) is 0 Å². The van der Waals surface area contributed by atoms with Crippen molar-refractivity contribution in [2.45, 2.75) is 19.4 Å². The van der Waals surface area contributed by atoms with Crippen molar-refractivity contribution in [1.82, 2.24) is 20.4 Å². The molecule has 0 fully saturated rings. The molecule has 0 unspecified atom stereocenters. The Kier molecular flexibility index (Phi) is 4.55. The van der Waals surface area contributed by atoms with Crippen molar-refractivity contribution in [1.29, 1.82) is 0 Å². The van der Waals surface area contributed by atoms with Gasteiger partial charge in [0.25, 0.3) is 0 Å². The van der Waals surface area contributed by atoms with E-state index in [1.54, 1.807) is 23.7 Å². The van der Waals surface area contributed by atoms with E-state index < -0.39 is 0 Å². The molecule has 0 spiro atoms. The van der Waals surface area contributed by atoms with Crippen LogP contribution in [0.5, 0.6) is 0 Å². The molecule has 0 saturated carbocycles. The van der Waals surface area contributed by atoms with Crippen molar-refractivity contribution in [3.63, 3.8) is 0 Å². The summed E-state index contributed by atoms with van der Waals surface area (Å²) in [4.78, 5) is 20.1. The summed E-state index contributed by atoms with van der Waals surface area (Å²) in [6.45, 7) is 0.469. The molecule has 3 rings (SSSR count). The van der Waals surface area contributed by atoms with Gasteiger partial charge < -0.3 is 9.84 Å². The molecule has 6 nitrogen and oxygen atoms in total. The van der Waals surface area contributed by atoms with Crippen LogP contribution < -0.4 is 5.32 Å². The van der Waals surface area contributed by atoms with E-state index in [4.69, 9.17) is 4.52 Å². The molecule has 1 N–H and O–H groups in total. The molecule has 112 valence electrons. The van der Waals surface area contributed by atoms with Crippen LogP contribution in [0.25, 0.3) is 11.4 Å². The zero-order valence-electron chi connectivity index (χ0n) is 11.7. The summed E-state index contributed by atoms with van der Waals surface area (Å²) in [5, 5.41) is 10.7. The van der Waals surface area contributed by atoms with E-state index in [9.17, 15) is 4.79 Å². The summed E-state index contributed by atoms with van der Waals surface area (Å²) in [5.74, 6) is 0.976. The van der Waals surface area contributed by atoms with E-state index in [-0.39, 0.29) is 5.91 Å². The van der Waals surface area contributed by atoms with Crippen LogP contribution in [-0.2, 0) is 17.8 Å². The Morgan fingerprint density at radius 1 is 1.36 bits per heavy atom. The number of aromatic nitrogens is 3. The molecule has 3 aromatic rings. The van der Waals surface area contributed by atoms with E-state index >= 15 is 0 Å². The lowest BCUT2D eigenvalue weighted by atomic mass is 10.2. The molecular formula is C15H14N4O2S. The zero-order valence-corrected chi connectivity index (χ0v) is 12.5. The molecule has 0 aliphatic heterocycles. The average molecular weight is 314 g/mol. The maximum Gasteiger partial charge on any atom is 0.227 e. The highest BCUT2D eigenvalue weighted by atomic mass is 32.1. The molecule has 0 bridgehead atoms. The third kappa shape index (κ3) is 3.76. The second-order valence-corrected chi connectivity index (χ2v) is 5.44. The predicted octanol–water partition coefficient (Wildman–Crippen LogP) is 2.44. The molecule has 3 heterocycles. The number of amides is 1. The predicted molar refractivity (Wildman–Crippen MR) is 82.0 cm³/mol. The Labute approximate surface area is 131 Å². The number of nitrogens with one attached hydrogen (secondary N) is 1. The Bertz CT molecular complexity index is 725. The minimum atomic E-state index is -0.0564. The van der Waals surface area contributed by atoms with Gasteiger partial charge in [-0.05, 0) is 23.1 Å². The van der Waals surface area contributed by atoms with Crippen molar-refractivity contribution in [2.75, 3.05) is 0 Å². The standard InChI is InChI=1S/C15H14N4O2S/c20-13(17-9-11-2-1-6-16-8-11)3-4-14-18-15(19-21-14)12-5-7-22-10-12/h1-2,5-8,10H,3-4,9H2,(H,17,20). The summed E-state index contributed by atoms with van der Waals surface area (Å²) < 4.78 is 5.16. The van der Waals surface area contributed by atoms with Crippen LogP contribution in [0, 0.1) is 0 Å². The third-order valence-electron chi connectivity index (χ3n) is 3.03. The second kappa shape index (κ2) is 6.95. The van der Waals surface area contributed by atoms with Gasteiger partial charge in [0.15, 0.2) is 0 Å². The van der Waals surface area contributed by atoms with E-state index in [0.717, 1.165) is 11.1 Å². The van der Waals surface area contributed by atoms with E-state index in [0.29, 0.717) is 31.1 Å². The molecule has 0 saturated heterocycles. The fourth-order valence-corrected chi connectivity index (χ4v) is 2.51. The largest absolute Gasteiger partial charge is 0.352 e. The smallest absolute Gasteiger partial charge is 0.227 e. The molecule has 3 aromatic heterocycles. The first-order valence-electron chi connectivity index (χ1n) is 6.82. The van der Waals surface area contributed by atoms with Gasteiger partial charge in [0.1, 0.15) is 0 Å². The molecule has 0 aliphatic carbocycles. The van der Waals surface area contributed by atoms with E-state index in [2.05, 4.69) is 20.4 Å². The summed E-state index contributed by atoms with van der Waals surface area (Å²) in [7, 11) is 0. The van der Waals surface area contributed by atoms with Gasteiger partial charge in [-0.2, -0.15) is 16.3 Å². The fraction of sp³-hybridized carbons (Fsp3) is 0.200. The van der Waals surface area contributed by atoms with Crippen molar-refractivity contribution in [3.8, 4) is 11.4 Å². The van der Waals surface area contributed by atoms with Gasteiger partial charge in [-0.1, -0.05) is 11.2 Å². The number of rotatable bonds is 6. The molecule has 0 atom stereocenters. The number of carbonyl (C=O) groups excluding carboxylic acids is 1. The monoisotopic (exact) mass is 314 g/mol. The SMILES string of the molecule is O=C(CCc1nc(-c2ccsc2)no1)NCc1cccnc1. The molecular weight excluding hydrogens is 300 g/mol. The molecule has 1 amide bonds. The first kappa shape index (κ1) is 14.4. The zero-order chi connectivity index (χ0) is 15.2. The van der Waals surface area contributed by atoms with E-state index in [1.807, 2.05) is 29.0 Å². The number of aryl methyl sites for hydroxylation is 1. The molecule has 0 aliphatic rings. The van der Waals surface area contributed by atoms with Crippen molar-refractivity contribution < 1.29 is 9.32 Å². The Morgan fingerprint density at radius 2 is 2.32 bits per heavy atom. The Hall–Kier alpha value is -2.54. The quantitative estimate of drug-likeness (QED) is 0.756. The highest BCUT2D eigenvalue weighted by Gasteiger charge is 2.10. The van der Waals surface area contributed by atoms with Crippen LogP contribution in [0.3, 0.4) is 0 Å². The van der Waals surface area contributed by atoms with Crippen LogP contribution in [0.15, 0.2) is 45.9 Å². The summed E-state index contributed by atoms with van der Waals surface area (Å²) in [6.07, 6.45) is 4.17. The summed E-state index contributed by atoms with van der Waals surface area (Å²) >= 11 is 1.58. The lowest BCUT2D eigenvalue weighted by molar-refractivity contribution is -0.121. The maximum atomic E-state index is 11.8. The van der Waals surface area contributed by atoms with Gasteiger partial charge in [0.05, 0.1) is 0 Å². The number of pyridine rings is 1. The molecule has 0 radical (unpaired) electrons. The van der Waals surface area contributed by atoms with Crippen molar-refractivity contribution >= 4 is 17.2 Å². The lowest BCUT2D eigenvalue weighted by Gasteiger charge is -2.03. The molecule has 22 heavy (non-hydrogen) atoms. The number of thiophene rings is 1. The average Bonchev–Trinajstić information content (AvgIpc) is 3.22. The topological polar surface area (TPSA) is 80.9 Å². The normalized spacial score (nSPS) is 10.5.